The molecule has 1 heterocycles. The first-order chi connectivity index (χ1) is 6.52. The van der Waals surface area contributed by atoms with Gasteiger partial charge in [0.1, 0.15) is 5.82 Å². The summed E-state index contributed by atoms with van der Waals surface area (Å²) in [5, 5.41) is 8.77. The third-order valence-electron chi connectivity index (χ3n) is 2.10. The van der Waals surface area contributed by atoms with Gasteiger partial charge in [-0.05, 0) is 37.1 Å². The summed E-state index contributed by atoms with van der Waals surface area (Å²) in [5.74, 6) is -0.492. The van der Waals surface area contributed by atoms with Crippen molar-refractivity contribution in [2.45, 2.75) is 13.8 Å². The van der Waals surface area contributed by atoms with E-state index in [0.717, 1.165) is 5.56 Å². The maximum atomic E-state index is 10.7. The minimum atomic E-state index is -0.917. The Morgan fingerprint density at radius 3 is 2.50 bits per heavy atom. The van der Waals surface area contributed by atoms with Gasteiger partial charge in [0.15, 0.2) is 0 Å². The van der Waals surface area contributed by atoms with E-state index in [9.17, 15) is 4.79 Å². The second kappa shape index (κ2) is 3.91. The smallest absolute Gasteiger partial charge is 0.331 e. The highest BCUT2D eigenvalue weighted by atomic mass is 16.4. The van der Waals surface area contributed by atoms with Crippen molar-refractivity contribution in [3.8, 4) is 0 Å². The molecule has 0 radical (unpaired) electrons. The van der Waals surface area contributed by atoms with Gasteiger partial charge in [0.2, 0.25) is 0 Å². The minimum absolute atomic E-state index is 0.316. The average molecular weight is 192 g/mol. The van der Waals surface area contributed by atoms with Gasteiger partial charge in [0.25, 0.3) is 0 Å². The van der Waals surface area contributed by atoms with Crippen molar-refractivity contribution in [3.05, 3.63) is 29.5 Å². The van der Waals surface area contributed by atoms with Crippen LogP contribution in [-0.2, 0) is 4.79 Å². The Balaban J connectivity index is 3.12. The molecule has 1 rings (SSSR count). The van der Waals surface area contributed by atoms with E-state index in [-0.39, 0.29) is 0 Å². The summed E-state index contributed by atoms with van der Waals surface area (Å²) < 4.78 is 0. The highest BCUT2D eigenvalue weighted by Gasteiger charge is 2.06. The van der Waals surface area contributed by atoms with Gasteiger partial charge in [-0.2, -0.15) is 0 Å². The van der Waals surface area contributed by atoms with Crippen LogP contribution in [-0.4, -0.2) is 16.1 Å². The van der Waals surface area contributed by atoms with Crippen molar-refractivity contribution in [2.75, 3.05) is 5.73 Å². The summed E-state index contributed by atoms with van der Waals surface area (Å²) in [4.78, 5) is 14.6. The number of aromatic nitrogens is 1. The Kier molecular flexibility index (Phi) is 2.86. The Labute approximate surface area is 82.1 Å². The van der Waals surface area contributed by atoms with E-state index in [0.29, 0.717) is 17.0 Å². The van der Waals surface area contributed by atoms with Gasteiger partial charge in [0, 0.05) is 11.8 Å². The lowest BCUT2D eigenvalue weighted by Gasteiger charge is -2.03. The van der Waals surface area contributed by atoms with Crippen molar-refractivity contribution in [2.24, 2.45) is 0 Å². The fourth-order valence-electron chi connectivity index (χ4n) is 1.00. The quantitative estimate of drug-likeness (QED) is 0.697. The van der Waals surface area contributed by atoms with Crippen LogP contribution in [0.4, 0.5) is 5.82 Å². The number of pyridine rings is 1. The molecule has 0 bridgehead atoms. The number of nitrogen functional groups attached to an aromatic ring is 1. The molecule has 74 valence electrons. The van der Waals surface area contributed by atoms with E-state index in [1.165, 1.54) is 0 Å². The number of aliphatic carboxylic acids is 1. The van der Waals surface area contributed by atoms with Crippen LogP contribution in [0.5, 0.6) is 0 Å². The molecule has 0 aliphatic heterocycles. The molecule has 4 heteroatoms. The molecule has 0 saturated heterocycles. The van der Waals surface area contributed by atoms with E-state index in [1.807, 2.05) is 0 Å². The van der Waals surface area contributed by atoms with Gasteiger partial charge in [-0.25, -0.2) is 9.78 Å². The standard InChI is InChI=1S/C10H12N2O2/c1-6(7(2)10(13)14)8-3-4-9(11)12-5-8/h3-5H,1-2H3,(H2,11,12)(H,13,14)/b7-6+. The average Bonchev–Trinajstić information content (AvgIpc) is 2.16. The number of carboxylic acid groups (broad SMARTS) is 1. The molecule has 0 aliphatic rings. The lowest BCUT2D eigenvalue weighted by atomic mass is 10.0. The van der Waals surface area contributed by atoms with Crippen LogP contribution >= 0.6 is 0 Å². The SMILES string of the molecule is C/C(C(=O)O)=C(/C)c1ccc(N)nc1. The Morgan fingerprint density at radius 2 is 2.07 bits per heavy atom. The first kappa shape index (κ1) is 10.2. The summed E-state index contributed by atoms with van der Waals surface area (Å²) in [6.45, 7) is 3.31. The first-order valence-corrected chi connectivity index (χ1v) is 4.15. The number of nitrogens with zero attached hydrogens (tertiary/aromatic N) is 1. The molecule has 0 aliphatic carbocycles. The van der Waals surface area contributed by atoms with Crippen molar-refractivity contribution in [1.82, 2.24) is 4.98 Å². The molecule has 0 amide bonds. The molecular weight excluding hydrogens is 180 g/mol. The molecule has 4 nitrogen and oxygen atoms in total. The molecule has 0 atom stereocenters. The fraction of sp³-hybridized carbons (Fsp3) is 0.200. The Hall–Kier alpha value is -1.84. The molecule has 0 spiro atoms. The van der Waals surface area contributed by atoms with Crippen LogP contribution in [0, 0.1) is 0 Å². The summed E-state index contributed by atoms with van der Waals surface area (Å²) in [5.41, 5.74) is 7.21. The van der Waals surface area contributed by atoms with Gasteiger partial charge < -0.3 is 10.8 Å². The summed E-state index contributed by atoms with van der Waals surface area (Å²) in [6.07, 6.45) is 1.57. The summed E-state index contributed by atoms with van der Waals surface area (Å²) in [7, 11) is 0. The van der Waals surface area contributed by atoms with Crippen molar-refractivity contribution < 1.29 is 9.90 Å². The molecular formula is C10H12N2O2. The van der Waals surface area contributed by atoms with Crippen molar-refractivity contribution in [1.29, 1.82) is 0 Å². The zero-order valence-corrected chi connectivity index (χ0v) is 8.11. The van der Waals surface area contributed by atoms with Crippen molar-refractivity contribution >= 4 is 17.4 Å². The molecule has 0 fully saturated rings. The maximum Gasteiger partial charge on any atom is 0.331 e. The zero-order valence-electron chi connectivity index (χ0n) is 8.11. The maximum absolute atomic E-state index is 10.7. The number of nitrogens with two attached hydrogens (primary N) is 1. The van der Waals surface area contributed by atoms with Crippen LogP contribution in [0.3, 0.4) is 0 Å². The van der Waals surface area contributed by atoms with Gasteiger partial charge in [0.05, 0.1) is 0 Å². The Morgan fingerprint density at radius 1 is 1.43 bits per heavy atom. The first-order valence-electron chi connectivity index (χ1n) is 4.15. The van der Waals surface area contributed by atoms with Crippen LogP contribution in [0.2, 0.25) is 0 Å². The number of carbonyl (C=O) groups is 1. The van der Waals surface area contributed by atoms with E-state index < -0.39 is 5.97 Å². The van der Waals surface area contributed by atoms with E-state index in [4.69, 9.17) is 10.8 Å². The third-order valence-corrected chi connectivity index (χ3v) is 2.10. The van der Waals surface area contributed by atoms with E-state index in [2.05, 4.69) is 4.98 Å². The molecule has 14 heavy (non-hydrogen) atoms. The van der Waals surface area contributed by atoms with Gasteiger partial charge in [-0.3, -0.25) is 0 Å². The van der Waals surface area contributed by atoms with Gasteiger partial charge in [-0.15, -0.1) is 0 Å². The van der Waals surface area contributed by atoms with E-state index >= 15 is 0 Å². The van der Waals surface area contributed by atoms with Crippen molar-refractivity contribution in [3.63, 3.8) is 0 Å². The van der Waals surface area contributed by atoms with Crippen LogP contribution in [0.1, 0.15) is 19.4 Å². The largest absolute Gasteiger partial charge is 0.478 e. The molecule has 0 aromatic carbocycles. The molecule has 0 saturated carbocycles. The summed E-state index contributed by atoms with van der Waals surface area (Å²) in [6, 6.07) is 3.40. The Bertz CT molecular complexity index is 380. The number of hydrogen-bond donors (Lipinski definition) is 2. The highest BCUT2D eigenvalue weighted by molar-refractivity contribution is 5.95. The van der Waals surface area contributed by atoms with E-state index in [1.54, 1.807) is 32.2 Å². The number of carboxylic acids is 1. The van der Waals surface area contributed by atoms with Crippen LogP contribution in [0.25, 0.3) is 5.57 Å². The second-order valence-corrected chi connectivity index (χ2v) is 3.03. The monoisotopic (exact) mass is 192 g/mol. The number of anilines is 1. The normalized spacial score (nSPS) is 12.1. The lowest BCUT2D eigenvalue weighted by molar-refractivity contribution is -0.132. The third kappa shape index (κ3) is 2.10. The minimum Gasteiger partial charge on any atom is -0.478 e. The van der Waals surface area contributed by atoms with Gasteiger partial charge >= 0.3 is 5.97 Å². The summed E-state index contributed by atoms with van der Waals surface area (Å²) >= 11 is 0. The molecule has 1 aromatic heterocycles. The predicted molar refractivity (Wildman–Crippen MR) is 54.6 cm³/mol. The topological polar surface area (TPSA) is 76.2 Å². The lowest BCUT2D eigenvalue weighted by Crippen LogP contribution is -1.99. The molecule has 0 unspecified atom stereocenters. The highest BCUT2D eigenvalue weighted by Crippen LogP contribution is 2.17. The van der Waals surface area contributed by atoms with Crippen LogP contribution in [0.15, 0.2) is 23.9 Å². The molecule has 1 aromatic rings. The fourth-order valence-corrected chi connectivity index (χ4v) is 1.00. The molecule has 3 N–H and O–H groups in total. The van der Waals surface area contributed by atoms with Crippen LogP contribution < -0.4 is 5.73 Å². The van der Waals surface area contributed by atoms with Gasteiger partial charge in [-0.1, -0.05) is 0 Å². The number of hydrogen-bond acceptors (Lipinski definition) is 3. The number of allylic oxidation sites excluding steroid dienone is 1. The second-order valence-electron chi connectivity index (χ2n) is 3.03. The number of rotatable bonds is 2. The zero-order chi connectivity index (χ0) is 10.7. The predicted octanol–water partition coefficient (Wildman–Crippen LogP) is 1.54.